The number of furan rings is 1. The van der Waals surface area contributed by atoms with E-state index in [0.29, 0.717) is 5.82 Å². The lowest BCUT2D eigenvalue weighted by Crippen LogP contribution is -2.16. The van der Waals surface area contributed by atoms with Crippen molar-refractivity contribution in [2.45, 2.75) is 19.3 Å². The molecule has 2 heterocycles. The van der Waals surface area contributed by atoms with Crippen LogP contribution >= 0.6 is 0 Å². The zero-order valence-electron chi connectivity index (χ0n) is 33.8. The van der Waals surface area contributed by atoms with Gasteiger partial charge >= 0.3 is 0 Å². The summed E-state index contributed by atoms with van der Waals surface area (Å²) in [4.78, 5) is 12.9. The number of benzene rings is 9. The predicted octanol–water partition coefficient (Wildman–Crippen LogP) is 15.5. The van der Waals surface area contributed by atoms with Gasteiger partial charge in [-0.15, -0.1) is 0 Å². The van der Waals surface area contributed by atoms with Gasteiger partial charge in [-0.2, -0.15) is 0 Å². The van der Waals surface area contributed by atoms with Gasteiger partial charge in [-0.25, -0.2) is 9.97 Å². The molecule has 0 bridgehead atoms. The van der Waals surface area contributed by atoms with Crippen molar-refractivity contribution >= 4 is 60.7 Å². The number of nitrogens with zero attached hydrogens (tertiary/aromatic N) is 3. The van der Waals surface area contributed by atoms with E-state index >= 15 is 0 Å². The average molecular weight is 782 g/mol. The molecular weight excluding hydrogens is 743 g/mol. The Kier molecular flexibility index (Phi) is 7.85. The summed E-state index contributed by atoms with van der Waals surface area (Å²) in [6.07, 6.45) is 0. The van der Waals surface area contributed by atoms with E-state index in [9.17, 15) is 0 Å². The van der Waals surface area contributed by atoms with Gasteiger partial charge in [0.1, 0.15) is 11.2 Å². The van der Waals surface area contributed by atoms with E-state index in [1.807, 2.05) is 6.07 Å². The third kappa shape index (κ3) is 5.67. The number of rotatable bonds is 6. The summed E-state index contributed by atoms with van der Waals surface area (Å²) >= 11 is 0. The minimum Gasteiger partial charge on any atom is -0.455 e. The van der Waals surface area contributed by atoms with E-state index in [1.165, 1.54) is 27.6 Å². The molecule has 0 amide bonds. The van der Waals surface area contributed by atoms with Gasteiger partial charge in [0, 0.05) is 55.3 Å². The molecule has 0 saturated heterocycles. The number of hydrogen-bond donors (Lipinski definition) is 0. The maximum atomic E-state index is 6.72. The molecule has 0 saturated carbocycles. The van der Waals surface area contributed by atoms with Gasteiger partial charge in [0.25, 0.3) is 0 Å². The molecule has 0 aliphatic heterocycles. The van der Waals surface area contributed by atoms with E-state index in [1.54, 1.807) is 0 Å². The topological polar surface area (TPSA) is 42.2 Å². The molecule has 288 valence electrons. The van der Waals surface area contributed by atoms with Gasteiger partial charge in [0.15, 0.2) is 5.82 Å². The number of fused-ring (bicyclic) bond motifs is 8. The first-order chi connectivity index (χ1) is 30.0. The van der Waals surface area contributed by atoms with Crippen molar-refractivity contribution in [1.29, 1.82) is 0 Å². The summed E-state index contributed by atoms with van der Waals surface area (Å²) < 4.78 is 6.72. The molecule has 1 aliphatic rings. The second-order valence-corrected chi connectivity index (χ2v) is 16.6. The molecule has 61 heavy (non-hydrogen) atoms. The largest absolute Gasteiger partial charge is 0.455 e. The zero-order chi connectivity index (χ0) is 40.7. The van der Waals surface area contributed by atoms with Crippen molar-refractivity contribution in [1.82, 2.24) is 9.97 Å². The first-order valence-corrected chi connectivity index (χ1v) is 20.9. The van der Waals surface area contributed by atoms with Crippen molar-refractivity contribution in [3.63, 3.8) is 0 Å². The lowest BCUT2D eigenvalue weighted by molar-refractivity contribution is 0.660. The number of hydrogen-bond acceptors (Lipinski definition) is 4. The van der Waals surface area contributed by atoms with Crippen LogP contribution in [0.4, 0.5) is 17.1 Å². The van der Waals surface area contributed by atoms with Crippen molar-refractivity contribution in [2.24, 2.45) is 0 Å². The SMILES string of the molecule is CC1(C)c2ccccc2-c2ccc(N(c3ccccc3)c3ccc(-c4nc(-c5cc(-c6ccccc6)c6oc7cc8ccccc8cc7c6c5)c5ccccc5n4)cc3)cc21. The van der Waals surface area contributed by atoms with Crippen LogP contribution in [0.25, 0.3) is 88.5 Å². The van der Waals surface area contributed by atoms with Crippen LogP contribution < -0.4 is 4.90 Å². The number of anilines is 3. The molecule has 2 aromatic heterocycles. The molecule has 0 spiro atoms. The maximum Gasteiger partial charge on any atom is 0.160 e. The third-order valence-electron chi connectivity index (χ3n) is 12.6. The molecule has 9 aromatic carbocycles. The third-order valence-corrected chi connectivity index (χ3v) is 12.6. The van der Waals surface area contributed by atoms with Gasteiger partial charge in [0.2, 0.25) is 0 Å². The lowest BCUT2D eigenvalue weighted by atomic mass is 9.82. The second kappa shape index (κ2) is 13.6. The molecule has 0 N–H and O–H groups in total. The van der Waals surface area contributed by atoms with E-state index < -0.39 is 0 Å². The minimum atomic E-state index is -0.106. The molecule has 0 radical (unpaired) electrons. The van der Waals surface area contributed by atoms with Gasteiger partial charge < -0.3 is 9.32 Å². The highest BCUT2D eigenvalue weighted by molar-refractivity contribution is 6.15. The van der Waals surface area contributed by atoms with Gasteiger partial charge in [-0.3, -0.25) is 0 Å². The van der Waals surface area contributed by atoms with Gasteiger partial charge in [-0.05, 0) is 117 Å². The van der Waals surface area contributed by atoms with E-state index in [4.69, 9.17) is 14.4 Å². The molecule has 4 nitrogen and oxygen atoms in total. The summed E-state index contributed by atoms with van der Waals surface area (Å²) in [5, 5.41) is 5.48. The van der Waals surface area contributed by atoms with Crippen LogP contribution in [0.1, 0.15) is 25.0 Å². The molecule has 4 heteroatoms. The normalized spacial score (nSPS) is 12.9. The van der Waals surface area contributed by atoms with Crippen LogP contribution in [0.3, 0.4) is 0 Å². The smallest absolute Gasteiger partial charge is 0.160 e. The van der Waals surface area contributed by atoms with Gasteiger partial charge in [0.05, 0.1) is 11.2 Å². The minimum absolute atomic E-state index is 0.106. The Morgan fingerprint density at radius 1 is 0.426 bits per heavy atom. The molecular formula is C57H39N3O. The Morgan fingerprint density at radius 2 is 1.08 bits per heavy atom. The Balaban J connectivity index is 0.997. The van der Waals surface area contributed by atoms with Crippen molar-refractivity contribution < 1.29 is 4.42 Å². The summed E-state index contributed by atoms with van der Waals surface area (Å²) in [6, 6.07) is 71.2. The summed E-state index contributed by atoms with van der Waals surface area (Å²) in [5.41, 5.74) is 16.1. The number of para-hydroxylation sites is 2. The zero-order valence-corrected chi connectivity index (χ0v) is 33.8. The van der Waals surface area contributed by atoms with Crippen molar-refractivity contribution in [3.8, 4) is 44.9 Å². The fourth-order valence-electron chi connectivity index (χ4n) is 9.57. The molecule has 0 atom stereocenters. The van der Waals surface area contributed by atoms with Gasteiger partial charge in [-0.1, -0.05) is 135 Å². The second-order valence-electron chi connectivity index (χ2n) is 16.6. The van der Waals surface area contributed by atoms with E-state index in [-0.39, 0.29) is 5.41 Å². The van der Waals surface area contributed by atoms with Crippen LogP contribution in [-0.4, -0.2) is 9.97 Å². The number of aromatic nitrogens is 2. The highest BCUT2D eigenvalue weighted by atomic mass is 16.3. The first kappa shape index (κ1) is 35.2. The molecule has 11 aromatic rings. The molecule has 1 aliphatic carbocycles. The Hall–Kier alpha value is -7.82. The fraction of sp³-hybridized carbons (Fsp3) is 0.0526. The summed E-state index contributed by atoms with van der Waals surface area (Å²) in [7, 11) is 0. The monoisotopic (exact) mass is 781 g/mol. The van der Waals surface area contributed by atoms with Crippen LogP contribution in [0.2, 0.25) is 0 Å². The Morgan fingerprint density at radius 3 is 1.90 bits per heavy atom. The quantitative estimate of drug-likeness (QED) is 0.168. The van der Waals surface area contributed by atoms with Crippen molar-refractivity contribution in [3.05, 3.63) is 211 Å². The standard InChI is InChI=1S/C57H39N3O/c1-57(2)50-23-13-11-21-44(50)45-30-29-43(35-51(45)57)60(41-19-7-4-8-20-41)42-27-25-37(26-28-42)56-58-52-24-14-12-22-46(52)54(59-56)40-32-47(36-15-5-3-6-16-36)55-49(33-40)48-31-38-17-9-10-18-39(38)34-53(48)61-55/h3-35H,1-2H3. The van der Waals surface area contributed by atoms with Crippen LogP contribution in [0.15, 0.2) is 205 Å². The van der Waals surface area contributed by atoms with Crippen molar-refractivity contribution in [2.75, 3.05) is 4.90 Å². The van der Waals surface area contributed by atoms with Crippen LogP contribution in [-0.2, 0) is 5.41 Å². The van der Waals surface area contributed by atoms with Crippen LogP contribution in [0, 0.1) is 0 Å². The Labute approximate surface area is 354 Å². The maximum absolute atomic E-state index is 6.72. The lowest BCUT2D eigenvalue weighted by Gasteiger charge is -2.28. The summed E-state index contributed by atoms with van der Waals surface area (Å²) in [5.74, 6) is 0.674. The molecule has 0 unspecified atom stereocenters. The first-order valence-electron chi connectivity index (χ1n) is 20.9. The predicted molar refractivity (Wildman–Crippen MR) is 253 cm³/mol. The fourth-order valence-corrected chi connectivity index (χ4v) is 9.57. The van der Waals surface area contributed by atoms with E-state index in [2.05, 4.69) is 213 Å². The van der Waals surface area contributed by atoms with E-state index in [0.717, 1.165) is 83.2 Å². The summed E-state index contributed by atoms with van der Waals surface area (Å²) in [6.45, 7) is 4.67. The molecule has 0 fully saturated rings. The average Bonchev–Trinajstić information content (AvgIpc) is 3.78. The highest BCUT2D eigenvalue weighted by Crippen LogP contribution is 2.51. The Bertz CT molecular complexity index is 3500. The van der Waals surface area contributed by atoms with Crippen LogP contribution in [0.5, 0.6) is 0 Å². The molecule has 12 rings (SSSR count). The highest BCUT2D eigenvalue weighted by Gasteiger charge is 2.35.